The number of para-hydroxylation sites is 1. The van der Waals surface area contributed by atoms with E-state index in [2.05, 4.69) is 31.2 Å². The number of fused-ring (bicyclic) bond motifs is 1. The van der Waals surface area contributed by atoms with E-state index >= 15 is 0 Å². The highest BCUT2D eigenvalue weighted by molar-refractivity contribution is 7.19. The molecule has 0 fully saturated rings. The Balaban J connectivity index is 2.05. The number of allylic oxidation sites excluding steroid dienone is 2. The van der Waals surface area contributed by atoms with Gasteiger partial charge in [-0.25, -0.2) is 4.98 Å². The van der Waals surface area contributed by atoms with Crippen molar-refractivity contribution in [3.05, 3.63) is 34.8 Å². The largest absolute Gasteiger partial charge is 0.236 e. The molecule has 3 rings (SSSR count). The molecule has 0 atom stereocenters. The first-order valence-corrected chi connectivity index (χ1v) is 7.78. The molecule has 0 N–H and O–H groups in total. The van der Waals surface area contributed by atoms with Crippen LogP contribution in [-0.2, 0) is 6.42 Å². The topological polar surface area (TPSA) is 12.9 Å². The summed E-state index contributed by atoms with van der Waals surface area (Å²) < 4.78 is 1.34. The summed E-state index contributed by atoms with van der Waals surface area (Å²) in [7, 11) is 0. The molecule has 1 nitrogen and oxygen atoms in total. The van der Waals surface area contributed by atoms with Crippen LogP contribution in [0.1, 0.15) is 49.6 Å². The maximum Gasteiger partial charge on any atom is 0.120 e. The lowest BCUT2D eigenvalue weighted by Gasteiger charge is -1.99. The maximum atomic E-state index is 4.90. The van der Waals surface area contributed by atoms with Crippen LogP contribution in [0.15, 0.2) is 24.3 Å². The molecule has 0 aliphatic heterocycles. The molecule has 94 valence electrons. The SMILES string of the molecule is CCc1cccc2sc(C3=CCCCCC3)nc12. The molecule has 0 saturated carbocycles. The summed E-state index contributed by atoms with van der Waals surface area (Å²) in [6, 6.07) is 6.56. The number of hydrogen-bond acceptors (Lipinski definition) is 2. The van der Waals surface area contributed by atoms with Gasteiger partial charge < -0.3 is 0 Å². The van der Waals surface area contributed by atoms with Gasteiger partial charge in [-0.2, -0.15) is 0 Å². The van der Waals surface area contributed by atoms with E-state index in [0.29, 0.717) is 0 Å². The zero-order valence-electron chi connectivity index (χ0n) is 10.9. The van der Waals surface area contributed by atoms with Crippen molar-refractivity contribution >= 4 is 27.1 Å². The third-order valence-electron chi connectivity index (χ3n) is 3.70. The number of thiazole rings is 1. The molecule has 1 aromatic carbocycles. The Morgan fingerprint density at radius 1 is 1.22 bits per heavy atom. The van der Waals surface area contributed by atoms with Crippen LogP contribution in [0.25, 0.3) is 15.8 Å². The fourth-order valence-corrected chi connectivity index (χ4v) is 3.72. The fourth-order valence-electron chi connectivity index (χ4n) is 2.64. The van der Waals surface area contributed by atoms with Crippen LogP contribution >= 0.6 is 11.3 Å². The van der Waals surface area contributed by atoms with Crippen LogP contribution < -0.4 is 0 Å². The quantitative estimate of drug-likeness (QED) is 0.720. The number of hydrogen-bond donors (Lipinski definition) is 0. The van der Waals surface area contributed by atoms with Gasteiger partial charge in [-0.05, 0) is 49.3 Å². The van der Waals surface area contributed by atoms with Crippen molar-refractivity contribution in [1.82, 2.24) is 4.98 Å². The zero-order valence-corrected chi connectivity index (χ0v) is 11.7. The predicted octanol–water partition coefficient (Wildman–Crippen LogP) is 5.21. The third-order valence-corrected chi connectivity index (χ3v) is 4.80. The Labute approximate surface area is 113 Å². The molecule has 1 aliphatic rings. The lowest BCUT2D eigenvalue weighted by Crippen LogP contribution is -1.85. The Kier molecular flexibility index (Phi) is 3.46. The van der Waals surface area contributed by atoms with Gasteiger partial charge in [0.05, 0.1) is 10.2 Å². The van der Waals surface area contributed by atoms with Crippen molar-refractivity contribution in [3.63, 3.8) is 0 Å². The van der Waals surface area contributed by atoms with Gasteiger partial charge in [0.15, 0.2) is 0 Å². The Bertz CT molecular complexity index is 580. The zero-order chi connectivity index (χ0) is 12.4. The van der Waals surface area contributed by atoms with Gasteiger partial charge in [0.1, 0.15) is 5.01 Å². The molecule has 0 spiro atoms. The summed E-state index contributed by atoms with van der Waals surface area (Å²) in [6.07, 6.45) is 9.95. The summed E-state index contributed by atoms with van der Waals surface area (Å²) in [4.78, 5) is 4.90. The third kappa shape index (κ3) is 2.22. The number of rotatable bonds is 2. The first kappa shape index (κ1) is 11.9. The summed E-state index contributed by atoms with van der Waals surface area (Å²) >= 11 is 1.86. The lowest BCUT2D eigenvalue weighted by molar-refractivity contribution is 0.720. The van der Waals surface area contributed by atoms with Gasteiger partial charge >= 0.3 is 0 Å². The van der Waals surface area contributed by atoms with E-state index in [4.69, 9.17) is 4.98 Å². The highest BCUT2D eigenvalue weighted by atomic mass is 32.1. The molecule has 1 aliphatic carbocycles. The van der Waals surface area contributed by atoms with Crippen molar-refractivity contribution in [2.45, 2.75) is 45.4 Å². The highest BCUT2D eigenvalue weighted by Crippen LogP contribution is 2.33. The molecule has 0 unspecified atom stereocenters. The fraction of sp³-hybridized carbons (Fsp3) is 0.438. The summed E-state index contributed by atoms with van der Waals surface area (Å²) in [5, 5.41) is 1.26. The maximum absolute atomic E-state index is 4.90. The number of aromatic nitrogens is 1. The molecule has 0 saturated heterocycles. The average molecular weight is 257 g/mol. The highest BCUT2D eigenvalue weighted by Gasteiger charge is 2.12. The number of aryl methyl sites for hydroxylation is 1. The van der Waals surface area contributed by atoms with Crippen molar-refractivity contribution in [2.75, 3.05) is 0 Å². The molecular weight excluding hydrogens is 238 g/mol. The molecule has 18 heavy (non-hydrogen) atoms. The lowest BCUT2D eigenvalue weighted by atomic mass is 10.1. The number of nitrogens with zero attached hydrogens (tertiary/aromatic N) is 1. The van der Waals surface area contributed by atoms with Gasteiger partial charge in [0, 0.05) is 0 Å². The average Bonchev–Trinajstić information content (AvgIpc) is 2.65. The van der Waals surface area contributed by atoms with E-state index < -0.39 is 0 Å². The minimum Gasteiger partial charge on any atom is -0.236 e. The predicted molar refractivity (Wildman–Crippen MR) is 80.1 cm³/mol. The van der Waals surface area contributed by atoms with Gasteiger partial charge in [0.2, 0.25) is 0 Å². The van der Waals surface area contributed by atoms with Crippen molar-refractivity contribution in [1.29, 1.82) is 0 Å². The van der Waals surface area contributed by atoms with Gasteiger partial charge in [-0.3, -0.25) is 0 Å². The van der Waals surface area contributed by atoms with Crippen molar-refractivity contribution in [3.8, 4) is 0 Å². The van der Waals surface area contributed by atoms with Crippen LogP contribution in [0.5, 0.6) is 0 Å². The van der Waals surface area contributed by atoms with E-state index in [-0.39, 0.29) is 0 Å². The number of benzene rings is 1. The minimum absolute atomic E-state index is 1.07. The first-order chi connectivity index (χ1) is 8.88. The molecule has 0 amide bonds. The van der Waals surface area contributed by atoms with Crippen LogP contribution in [0.4, 0.5) is 0 Å². The van der Waals surface area contributed by atoms with Gasteiger partial charge in [-0.15, -0.1) is 11.3 Å². The minimum atomic E-state index is 1.07. The smallest absolute Gasteiger partial charge is 0.120 e. The second-order valence-electron chi connectivity index (χ2n) is 4.97. The Hall–Kier alpha value is -1.15. The van der Waals surface area contributed by atoms with Gasteiger partial charge in [0.25, 0.3) is 0 Å². The van der Waals surface area contributed by atoms with E-state index in [1.807, 2.05) is 11.3 Å². The van der Waals surface area contributed by atoms with Gasteiger partial charge in [-0.1, -0.05) is 31.6 Å². The summed E-state index contributed by atoms with van der Waals surface area (Å²) in [6.45, 7) is 2.21. The molecule has 0 radical (unpaired) electrons. The van der Waals surface area contributed by atoms with Crippen LogP contribution in [0.2, 0.25) is 0 Å². The van der Waals surface area contributed by atoms with Crippen molar-refractivity contribution < 1.29 is 0 Å². The standard InChI is InChI=1S/C16H19NS/c1-2-12-10-7-11-14-15(12)17-16(18-14)13-8-5-3-4-6-9-13/h7-8,10-11H,2-6,9H2,1H3. The monoisotopic (exact) mass is 257 g/mol. The Morgan fingerprint density at radius 3 is 3.06 bits per heavy atom. The summed E-state index contributed by atoms with van der Waals surface area (Å²) in [5.41, 5.74) is 4.09. The van der Waals surface area contributed by atoms with Crippen LogP contribution in [-0.4, -0.2) is 4.98 Å². The van der Waals surface area contributed by atoms with Crippen LogP contribution in [0, 0.1) is 0 Å². The van der Waals surface area contributed by atoms with Crippen LogP contribution in [0.3, 0.4) is 0 Å². The molecule has 1 heterocycles. The normalized spacial score (nSPS) is 16.6. The second-order valence-corrected chi connectivity index (χ2v) is 6.00. The first-order valence-electron chi connectivity index (χ1n) is 6.96. The summed E-state index contributed by atoms with van der Waals surface area (Å²) in [5.74, 6) is 0. The van der Waals surface area contributed by atoms with E-state index in [1.165, 1.54) is 58.5 Å². The molecule has 2 aromatic rings. The van der Waals surface area contributed by atoms with E-state index in [0.717, 1.165) is 6.42 Å². The van der Waals surface area contributed by atoms with E-state index in [1.54, 1.807) is 0 Å². The molecule has 0 bridgehead atoms. The second kappa shape index (κ2) is 5.23. The molecular formula is C16H19NS. The van der Waals surface area contributed by atoms with Crippen molar-refractivity contribution in [2.24, 2.45) is 0 Å². The molecule has 1 aromatic heterocycles. The molecule has 2 heteroatoms. The van der Waals surface area contributed by atoms with E-state index in [9.17, 15) is 0 Å². The Morgan fingerprint density at radius 2 is 2.17 bits per heavy atom.